The van der Waals surface area contributed by atoms with E-state index in [4.69, 9.17) is 5.73 Å². The minimum atomic E-state index is -0.0978. The van der Waals surface area contributed by atoms with Crippen molar-refractivity contribution in [1.29, 1.82) is 0 Å². The van der Waals surface area contributed by atoms with Gasteiger partial charge in [-0.3, -0.25) is 4.79 Å². The molecule has 2 N–H and O–H groups in total. The largest absolute Gasteiger partial charge is 0.369 e. The predicted molar refractivity (Wildman–Crippen MR) is 56.3 cm³/mol. The first kappa shape index (κ1) is 13.0. The highest BCUT2D eigenvalue weighted by molar-refractivity contribution is 5.85. The zero-order valence-corrected chi connectivity index (χ0v) is 9.07. The Balaban J connectivity index is 0.000000720. The number of halogens is 2. The number of hydrogen-bond acceptors (Lipinski definition) is 2. The molecule has 0 aromatic carbocycles. The highest BCUT2D eigenvalue weighted by Gasteiger charge is 2.36. The van der Waals surface area contributed by atoms with Gasteiger partial charge in [-0.05, 0) is 31.8 Å². The van der Waals surface area contributed by atoms with Crippen molar-refractivity contribution in [2.45, 2.75) is 12.8 Å². The van der Waals surface area contributed by atoms with Crippen molar-refractivity contribution >= 4 is 30.7 Å². The lowest BCUT2D eigenvalue weighted by Gasteiger charge is -2.43. The molecule has 0 saturated carbocycles. The van der Waals surface area contributed by atoms with E-state index in [1.807, 2.05) is 0 Å². The van der Waals surface area contributed by atoms with Gasteiger partial charge in [0.05, 0.1) is 5.92 Å². The summed E-state index contributed by atoms with van der Waals surface area (Å²) in [7, 11) is 0. The molecule has 3 heterocycles. The lowest BCUT2D eigenvalue weighted by atomic mass is 9.79. The Labute approximate surface area is 90.8 Å². The number of rotatable bonds is 1. The third-order valence-corrected chi connectivity index (χ3v) is 3.02. The molecule has 5 heteroatoms. The van der Waals surface area contributed by atoms with Crippen molar-refractivity contribution in [2.24, 2.45) is 17.6 Å². The number of primary amides is 1. The fraction of sp³-hybridized carbons (Fsp3) is 0.875. The quantitative estimate of drug-likeness (QED) is 0.715. The highest BCUT2D eigenvalue weighted by Crippen LogP contribution is 2.31. The summed E-state index contributed by atoms with van der Waals surface area (Å²) in [4.78, 5) is 13.3. The minimum absolute atomic E-state index is 0. The zero-order chi connectivity index (χ0) is 7.84. The molecular weight excluding hydrogens is 211 g/mol. The number of carbonyl (C=O) groups is 1. The van der Waals surface area contributed by atoms with Gasteiger partial charge in [0, 0.05) is 6.54 Å². The van der Waals surface area contributed by atoms with E-state index < -0.39 is 0 Å². The topological polar surface area (TPSA) is 46.3 Å². The molecule has 1 unspecified atom stereocenters. The average molecular weight is 227 g/mol. The van der Waals surface area contributed by atoms with Crippen molar-refractivity contribution in [3.05, 3.63) is 0 Å². The maximum absolute atomic E-state index is 10.9. The zero-order valence-electron chi connectivity index (χ0n) is 7.44. The normalized spacial score (nSPS) is 35.8. The molecule has 3 rings (SSSR count). The number of carbonyl (C=O) groups excluding carboxylic acids is 1. The number of nitrogens with zero attached hydrogens (tertiary/aromatic N) is 1. The van der Waals surface area contributed by atoms with Gasteiger partial charge in [0.2, 0.25) is 5.91 Å². The number of amides is 1. The van der Waals surface area contributed by atoms with E-state index in [-0.39, 0.29) is 36.6 Å². The summed E-state index contributed by atoms with van der Waals surface area (Å²) in [6.45, 7) is 3.27. The fourth-order valence-electron chi connectivity index (χ4n) is 2.29. The molecule has 78 valence electrons. The molecule has 3 aliphatic rings. The van der Waals surface area contributed by atoms with Gasteiger partial charge in [-0.2, -0.15) is 0 Å². The smallest absolute Gasteiger partial charge is 0.222 e. The van der Waals surface area contributed by atoms with Crippen molar-refractivity contribution in [1.82, 2.24) is 4.90 Å². The van der Waals surface area contributed by atoms with Crippen LogP contribution in [-0.2, 0) is 4.79 Å². The third kappa shape index (κ3) is 2.48. The summed E-state index contributed by atoms with van der Waals surface area (Å²) in [5, 5.41) is 0. The van der Waals surface area contributed by atoms with Crippen LogP contribution in [0, 0.1) is 11.8 Å². The van der Waals surface area contributed by atoms with Crippen LogP contribution in [0.5, 0.6) is 0 Å². The summed E-state index contributed by atoms with van der Waals surface area (Å²) < 4.78 is 0. The van der Waals surface area contributed by atoms with Gasteiger partial charge in [-0.25, -0.2) is 0 Å². The molecule has 0 aliphatic carbocycles. The van der Waals surface area contributed by atoms with Gasteiger partial charge in [-0.1, -0.05) is 0 Å². The third-order valence-electron chi connectivity index (χ3n) is 3.02. The van der Waals surface area contributed by atoms with E-state index in [1.54, 1.807) is 0 Å². The van der Waals surface area contributed by atoms with Crippen molar-refractivity contribution in [2.75, 3.05) is 19.6 Å². The van der Waals surface area contributed by atoms with Gasteiger partial charge in [-0.15, -0.1) is 24.8 Å². The molecule has 3 nitrogen and oxygen atoms in total. The summed E-state index contributed by atoms with van der Waals surface area (Å²) in [5.74, 6) is 0.648. The van der Waals surface area contributed by atoms with Crippen LogP contribution in [0.25, 0.3) is 0 Å². The Morgan fingerprint density at radius 3 is 2.00 bits per heavy atom. The Morgan fingerprint density at radius 2 is 1.77 bits per heavy atom. The second kappa shape index (κ2) is 5.03. The molecule has 3 saturated heterocycles. The van der Waals surface area contributed by atoms with E-state index in [1.165, 1.54) is 25.9 Å². The summed E-state index contributed by atoms with van der Waals surface area (Å²) in [6, 6.07) is 0. The van der Waals surface area contributed by atoms with Gasteiger partial charge >= 0.3 is 0 Å². The van der Waals surface area contributed by atoms with Crippen LogP contribution in [0.1, 0.15) is 12.8 Å². The monoisotopic (exact) mass is 226 g/mol. The molecule has 13 heavy (non-hydrogen) atoms. The van der Waals surface area contributed by atoms with Gasteiger partial charge in [0.25, 0.3) is 0 Å². The van der Waals surface area contributed by atoms with E-state index in [0.29, 0.717) is 5.92 Å². The molecular formula is C8H16Cl2N2O. The van der Waals surface area contributed by atoms with Crippen molar-refractivity contribution in [3.8, 4) is 0 Å². The fourth-order valence-corrected chi connectivity index (χ4v) is 2.29. The van der Waals surface area contributed by atoms with E-state index in [2.05, 4.69) is 4.90 Å². The average Bonchev–Trinajstić information content (AvgIpc) is 2.06. The van der Waals surface area contributed by atoms with E-state index in [0.717, 1.165) is 6.54 Å². The van der Waals surface area contributed by atoms with Crippen LogP contribution in [0.3, 0.4) is 0 Å². The second-order valence-electron chi connectivity index (χ2n) is 3.65. The standard InChI is InChI=1S/C8H14N2O.2ClH/c9-8(11)7-5-10-3-1-6(7)2-4-10;;/h6-7H,1-5H2,(H2,9,11);2*1H. The molecule has 0 radical (unpaired) electrons. The van der Waals surface area contributed by atoms with Gasteiger partial charge in [0.1, 0.15) is 0 Å². The van der Waals surface area contributed by atoms with Crippen LogP contribution >= 0.6 is 24.8 Å². The van der Waals surface area contributed by atoms with E-state index in [9.17, 15) is 4.79 Å². The molecule has 3 fully saturated rings. The lowest BCUT2D eigenvalue weighted by molar-refractivity contribution is -0.127. The molecule has 0 aromatic rings. The van der Waals surface area contributed by atoms with Crippen molar-refractivity contribution in [3.63, 3.8) is 0 Å². The molecule has 3 aliphatic heterocycles. The first-order valence-corrected chi connectivity index (χ1v) is 4.29. The van der Waals surface area contributed by atoms with Crippen LogP contribution in [0.15, 0.2) is 0 Å². The minimum Gasteiger partial charge on any atom is -0.369 e. The summed E-state index contributed by atoms with van der Waals surface area (Å²) >= 11 is 0. The van der Waals surface area contributed by atoms with Crippen LogP contribution in [0.4, 0.5) is 0 Å². The number of hydrogen-bond donors (Lipinski definition) is 1. The first-order valence-electron chi connectivity index (χ1n) is 4.29. The van der Waals surface area contributed by atoms with E-state index >= 15 is 0 Å². The number of nitrogens with two attached hydrogens (primary N) is 1. The number of piperidine rings is 3. The number of fused-ring (bicyclic) bond motifs is 3. The molecule has 1 atom stereocenters. The Morgan fingerprint density at radius 1 is 1.23 bits per heavy atom. The Bertz CT molecular complexity index is 181. The summed E-state index contributed by atoms with van der Waals surface area (Å²) in [6.07, 6.45) is 2.35. The SMILES string of the molecule is Cl.Cl.NC(=O)C1CN2CCC1CC2. The highest BCUT2D eigenvalue weighted by atomic mass is 35.5. The van der Waals surface area contributed by atoms with Crippen molar-refractivity contribution < 1.29 is 4.79 Å². The maximum Gasteiger partial charge on any atom is 0.222 e. The second-order valence-corrected chi connectivity index (χ2v) is 3.65. The predicted octanol–water partition coefficient (Wildman–Crippen LogP) is 0.657. The first-order chi connectivity index (χ1) is 5.27. The molecule has 2 bridgehead atoms. The summed E-state index contributed by atoms with van der Waals surface area (Å²) in [5.41, 5.74) is 5.29. The molecule has 0 spiro atoms. The lowest BCUT2D eigenvalue weighted by Crippen LogP contribution is -2.51. The Kier molecular flexibility index (Phi) is 5.04. The molecule has 0 aromatic heterocycles. The van der Waals surface area contributed by atoms with Gasteiger partial charge in [0.15, 0.2) is 0 Å². The molecule has 1 amide bonds. The van der Waals surface area contributed by atoms with Crippen LogP contribution in [-0.4, -0.2) is 30.4 Å². The van der Waals surface area contributed by atoms with Gasteiger partial charge < -0.3 is 10.6 Å². The van der Waals surface area contributed by atoms with Crippen LogP contribution < -0.4 is 5.73 Å². The Hall–Kier alpha value is 0.01000. The van der Waals surface area contributed by atoms with Crippen LogP contribution in [0.2, 0.25) is 0 Å². The maximum atomic E-state index is 10.9.